The van der Waals surface area contributed by atoms with Crippen molar-refractivity contribution in [1.29, 1.82) is 0 Å². The third-order valence-electron chi connectivity index (χ3n) is 3.89. The number of hydrogen-bond acceptors (Lipinski definition) is 3. The van der Waals surface area contributed by atoms with Crippen LogP contribution >= 0.6 is 0 Å². The maximum absolute atomic E-state index is 12.5. The Kier molecular flexibility index (Phi) is 3.00. The molecule has 6 heteroatoms. The van der Waals surface area contributed by atoms with E-state index in [1.54, 1.807) is 16.0 Å². The molecule has 0 spiro atoms. The molecule has 102 valence electrons. The number of fused-ring (bicyclic) bond motifs is 1. The van der Waals surface area contributed by atoms with Gasteiger partial charge in [-0.2, -0.15) is 5.10 Å². The van der Waals surface area contributed by atoms with Crippen LogP contribution in [0.4, 0.5) is 0 Å². The van der Waals surface area contributed by atoms with Gasteiger partial charge in [-0.25, -0.2) is 0 Å². The second kappa shape index (κ2) is 4.68. The van der Waals surface area contributed by atoms with Crippen LogP contribution in [-0.2, 0) is 17.8 Å². The molecule has 0 aliphatic carbocycles. The van der Waals surface area contributed by atoms with E-state index in [2.05, 4.69) is 5.10 Å². The Balaban J connectivity index is 1.73. The predicted octanol–water partition coefficient (Wildman–Crippen LogP) is 0.481. The summed E-state index contributed by atoms with van der Waals surface area (Å²) in [4.78, 5) is 27.6. The summed E-state index contributed by atoms with van der Waals surface area (Å²) in [5.41, 5.74) is 1.76. The number of rotatable bonds is 2. The van der Waals surface area contributed by atoms with Crippen LogP contribution in [0.5, 0.6) is 0 Å². The molecule has 0 bridgehead atoms. The quantitative estimate of drug-likeness (QED) is 0.779. The zero-order valence-electron chi connectivity index (χ0n) is 11.1. The molecule has 2 aliphatic heterocycles. The number of carbonyl (C=O) groups excluding carboxylic acids is 2. The molecular weight excluding hydrogens is 244 g/mol. The molecule has 3 heterocycles. The van der Waals surface area contributed by atoms with Gasteiger partial charge in [0, 0.05) is 26.1 Å². The van der Waals surface area contributed by atoms with Crippen LogP contribution in [0, 0.1) is 0 Å². The molecule has 2 aliphatic rings. The summed E-state index contributed by atoms with van der Waals surface area (Å²) in [6, 6.07) is 0. The van der Waals surface area contributed by atoms with Gasteiger partial charge in [0.05, 0.1) is 24.1 Å². The molecule has 1 aromatic heterocycles. The summed E-state index contributed by atoms with van der Waals surface area (Å²) in [5.74, 6) is 0.116. The normalized spacial score (nSPS) is 17.9. The van der Waals surface area contributed by atoms with E-state index in [1.165, 1.54) is 0 Å². The van der Waals surface area contributed by atoms with Gasteiger partial charge in [-0.1, -0.05) is 6.92 Å². The summed E-state index contributed by atoms with van der Waals surface area (Å²) < 4.78 is 1.91. The lowest BCUT2D eigenvalue weighted by atomic mass is 10.2. The highest BCUT2D eigenvalue weighted by Gasteiger charge is 2.30. The molecule has 2 amide bonds. The Morgan fingerprint density at radius 2 is 2.05 bits per heavy atom. The number of nitrogens with zero attached hydrogens (tertiary/aromatic N) is 4. The van der Waals surface area contributed by atoms with Crippen molar-refractivity contribution >= 4 is 11.8 Å². The minimum Gasteiger partial charge on any atom is -0.323 e. The van der Waals surface area contributed by atoms with E-state index in [0.717, 1.165) is 25.1 Å². The van der Waals surface area contributed by atoms with Crippen molar-refractivity contribution in [2.45, 2.75) is 32.7 Å². The zero-order valence-corrected chi connectivity index (χ0v) is 11.1. The van der Waals surface area contributed by atoms with Crippen LogP contribution in [0.15, 0.2) is 6.20 Å². The Labute approximate surface area is 112 Å². The van der Waals surface area contributed by atoms with Gasteiger partial charge in [0.15, 0.2) is 0 Å². The topological polar surface area (TPSA) is 58.4 Å². The Morgan fingerprint density at radius 3 is 2.84 bits per heavy atom. The van der Waals surface area contributed by atoms with E-state index in [4.69, 9.17) is 0 Å². The molecular formula is C13H18N4O2. The summed E-state index contributed by atoms with van der Waals surface area (Å²) in [5, 5.41) is 4.25. The van der Waals surface area contributed by atoms with Crippen molar-refractivity contribution < 1.29 is 9.59 Å². The van der Waals surface area contributed by atoms with Crippen LogP contribution in [0.2, 0.25) is 0 Å². The SMILES string of the molecule is CCC(=O)N1CCN(C(=O)c2cnn3c2CCC3)C1. The number of aromatic nitrogens is 2. The predicted molar refractivity (Wildman–Crippen MR) is 68.5 cm³/mol. The van der Waals surface area contributed by atoms with Crippen molar-refractivity contribution in [2.75, 3.05) is 19.8 Å². The van der Waals surface area contributed by atoms with Gasteiger partial charge >= 0.3 is 0 Å². The van der Waals surface area contributed by atoms with Gasteiger partial charge in [0.2, 0.25) is 5.91 Å². The molecule has 6 nitrogen and oxygen atoms in total. The smallest absolute Gasteiger partial charge is 0.258 e. The van der Waals surface area contributed by atoms with E-state index in [9.17, 15) is 9.59 Å². The fourth-order valence-corrected chi connectivity index (χ4v) is 2.79. The summed E-state index contributed by atoms with van der Waals surface area (Å²) in [6.07, 6.45) is 4.14. The summed E-state index contributed by atoms with van der Waals surface area (Å²) in [7, 11) is 0. The molecule has 0 aromatic carbocycles. The fraction of sp³-hybridized carbons (Fsp3) is 0.615. The van der Waals surface area contributed by atoms with Crippen LogP contribution in [-0.4, -0.2) is 51.2 Å². The fourth-order valence-electron chi connectivity index (χ4n) is 2.79. The van der Waals surface area contributed by atoms with E-state index in [0.29, 0.717) is 31.7 Å². The van der Waals surface area contributed by atoms with E-state index in [-0.39, 0.29) is 11.8 Å². The Bertz CT molecular complexity index is 523. The third kappa shape index (κ3) is 2.01. The van der Waals surface area contributed by atoms with E-state index < -0.39 is 0 Å². The highest BCUT2D eigenvalue weighted by Crippen LogP contribution is 2.21. The van der Waals surface area contributed by atoms with Crippen molar-refractivity contribution in [3.8, 4) is 0 Å². The maximum atomic E-state index is 12.5. The molecule has 19 heavy (non-hydrogen) atoms. The average Bonchev–Trinajstić information content (AvgIpc) is 3.12. The molecule has 3 rings (SSSR count). The first-order valence-corrected chi connectivity index (χ1v) is 6.82. The van der Waals surface area contributed by atoms with Gasteiger partial charge in [0.25, 0.3) is 5.91 Å². The summed E-state index contributed by atoms with van der Waals surface area (Å²) in [6.45, 7) is 4.42. The number of hydrogen-bond donors (Lipinski definition) is 0. The lowest BCUT2D eigenvalue weighted by molar-refractivity contribution is -0.130. The first-order valence-electron chi connectivity index (χ1n) is 6.82. The van der Waals surface area contributed by atoms with Crippen LogP contribution in [0.3, 0.4) is 0 Å². The van der Waals surface area contributed by atoms with Gasteiger partial charge in [-0.15, -0.1) is 0 Å². The second-order valence-corrected chi connectivity index (χ2v) is 5.05. The van der Waals surface area contributed by atoms with Crippen molar-refractivity contribution in [3.63, 3.8) is 0 Å². The Morgan fingerprint density at radius 1 is 1.26 bits per heavy atom. The number of aryl methyl sites for hydroxylation is 1. The number of amides is 2. The standard InChI is InChI=1S/C13H18N4O2/c1-2-12(18)15-6-7-16(9-15)13(19)10-8-14-17-5-3-4-11(10)17/h8H,2-7,9H2,1H3. The molecule has 1 fully saturated rings. The van der Waals surface area contributed by atoms with Crippen LogP contribution < -0.4 is 0 Å². The number of carbonyl (C=O) groups is 2. The van der Waals surface area contributed by atoms with Crippen molar-refractivity contribution in [2.24, 2.45) is 0 Å². The van der Waals surface area contributed by atoms with Crippen LogP contribution in [0.25, 0.3) is 0 Å². The molecule has 1 saturated heterocycles. The largest absolute Gasteiger partial charge is 0.323 e. The van der Waals surface area contributed by atoms with E-state index >= 15 is 0 Å². The lowest BCUT2D eigenvalue weighted by Gasteiger charge is -2.17. The highest BCUT2D eigenvalue weighted by molar-refractivity contribution is 5.95. The third-order valence-corrected chi connectivity index (χ3v) is 3.89. The minimum absolute atomic E-state index is 0.00885. The van der Waals surface area contributed by atoms with Gasteiger partial charge in [0.1, 0.15) is 0 Å². The maximum Gasteiger partial charge on any atom is 0.258 e. The zero-order chi connectivity index (χ0) is 13.4. The molecule has 0 saturated carbocycles. The lowest BCUT2D eigenvalue weighted by Crippen LogP contribution is -2.33. The molecule has 0 unspecified atom stereocenters. The van der Waals surface area contributed by atoms with Crippen molar-refractivity contribution in [1.82, 2.24) is 19.6 Å². The molecule has 0 N–H and O–H groups in total. The van der Waals surface area contributed by atoms with Gasteiger partial charge in [-0.05, 0) is 12.8 Å². The monoisotopic (exact) mass is 262 g/mol. The molecule has 0 atom stereocenters. The van der Waals surface area contributed by atoms with Gasteiger partial charge < -0.3 is 9.80 Å². The van der Waals surface area contributed by atoms with E-state index in [1.807, 2.05) is 11.6 Å². The Hall–Kier alpha value is -1.85. The van der Waals surface area contributed by atoms with Crippen LogP contribution in [0.1, 0.15) is 35.8 Å². The molecule has 0 radical (unpaired) electrons. The molecule has 1 aromatic rings. The van der Waals surface area contributed by atoms with Crippen molar-refractivity contribution in [3.05, 3.63) is 17.5 Å². The minimum atomic E-state index is 0.00885. The first-order chi connectivity index (χ1) is 9.20. The second-order valence-electron chi connectivity index (χ2n) is 5.05. The van der Waals surface area contributed by atoms with Gasteiger partial charge in [-0.3, -0.25) is 14.3 Å². The summed E-state index contributed by atoms with van der Waals surface area (Å²) >= 11 is 0. The average molecular weight is 262 g/mol. The first kappa shape index (κ1) is 12.2. The highest BCUT2D eigenvalue weighted by atomic mass is 16.2.